The summed E-state index contributed by atoms with van der Waals surface area (Å²) in [4.78, 5) is 58.4. The fourth-order valence-electron chi connectivity index (χ4n) is 7.21. The first kappa shape index (κ1) is 28.0. The van der Waals surface area contributed by atoms with Gasteiger partial charge in [-0.1, -0.05) is 30.3 Å². The van der Waals surface area contributed by atoms with Crippen molar-refractivity contribution < 1.29 is 28.7 Å². The van der Waals surface area contributed by atoms with Gasteiger partial charge in [0, 0.05) is 24.3 Å². The Labute approximate surface area is 244 Å². The summed E-state index contributed by atoms with van der Waals surface area (Å²) in [6, 6.07) is 12.0. The largest absolute Gasteiger partial charge is 0.474 e. The maximum absolute atomic E-state index is 13.4. The van der Waals surface area contributed by atoms with E-state index in [2.05, 4.69) is 10.3 Å². The minimum absolute atomic E-state index is 0.102. The van der Waals surface area contributed by atoms with E-state index in [-0.39, 0.29) is 66.2 Å². The highest BCUT2D eigenvalue weighted by Crippen LogP contribution is 2.41. The van der Waals surface area contributed by atoms with Gasteiger partial charge in [-0.05, 0) is 81.4 Å². The number of fused-ring (bicyclic) bond motifs is 2. The quantitative estimate of drug-likeness (QED) is 0.456. The Hall–Kier alpha value is -4.15. The van der Waals surface area contributed by atoms with Crippen LogP contribution in [-0.2, 0) is 16.1 Å². The summed E-state index contributed by atoms with van der Waals surface area (Å²) in [7, 11) is 0. The first-order chi connectivity index (χ1) is 20.4. The minimum atomic E-state index is -0.598. The van der Waals surface area contributed by atoms with E-state index in [1.54, 1.807) is 18.3 Å². The molecule has 11 nitrogen and oxygen atoms in total. The van der Waals surface area contributed by atoms with Crippen LogP contribution in [0.25, 0.3) is 0 Å². The number of carbonyl (C=O) groups is 4. The molecule has 2 aromatic rings. The Kier molecular flexibility index (Phi) is 7.99. The molecule has 0 radical (unpaired) electrons. The van der Waals surface area contributed by atoms with E-state index in [9.17, 15) is 19.2 Å². The molecule has 222 valence electrons. The Bertz CT molecular complexity index is 1320. The van der Waals surface area contributed by atoms with Gasteiger partial charge in [0.2, 0.25) is 5.88 Å². The number of aromatic nitrogens is 1. The number of rotatable bonds is 8. The zero-order valence-corrected chi connectivity index (χ0v) is 23.5. The van der Waals surface area contributed by atoms with Gasteiger partial charge in [0.25, 0.3) is 11.8 Å². The third kappa shape index (κ3) is 5.77. The molecule has 1 aliphatic carbocycles. The van der Waals surface area contributed by atoms with E-state index in [1.165, 1.54) is 4.90 Å². The van der Waals surface area contributed by atoms with Crippen LogP contribution in [0.5, 0.6) is 5.88 Å². The highest BCUT2D eigenvalue weighted by atomic mass is 16.6. The number of ether oxygens (including phenoxy) is 2. The van der Waals surface area contributed by atoms with Crippen molar-refractivity contribution in [3.05, 3.63) is 59.8 Å². The first-order valence-corrected chi connectivity index (χ1v) is 14.9. The van der Waals surface area contributed by atoms with Crippen LogP contribution in [0.3, 0.4) is 0 Å². The van der Waals surface area contributed by atoms with Gasteiger partial charge in [0.15, 0.2) is 0 Å². The Morgan fingerprint density at radius 3 is 2.31 bits per heavy atom. The summed E-state index contributed by atoms with van der Waals surface area (Å²) >= 11 is 0. The number of imide groups is 1. The molecule has 11 heteroatoms. The number of urea groups is 1. The second-order valence-corrected chi connectivity index (χ2v) is 11.9. The minimum Gasteiger partial charge on any atom is -0.474 e. The van der Waals surface area contributed by atoms with Gasteiger partial charge in [-0.25, -0.2) is 14.6 Å². The number of nitrogens with two attached hydrogens (primary N) is 1. The standard InChI is InChI=1S/C31H37N5O6/c32-27(37)25-7-4-14-33-28(25)42-24-12-10-21(11-13-24)36-29(38)26(34-30(36)39)17-20-15-22-8-9-23(16-20)35(22)31(40)41-18-19-5-2-1-3-6-19/h1-7,14,20-24,26H,8-13,15-18H2,(H2,32,37)(H,34,39)/t20?,21?,22-,23+,24?,26?. The van der Waals surface area contributed by atoms with Gasteiger partial charge in [-0.3, -0.25) is 14.5 Å². The van der Waals surface area contributed by atoms with Crippen LogP contribution in [0.4, 0.5) is 9.59 Å². The number of pyridine rings is 1. The van der Waals surface area contributed by atoms with Crippen LogP contribution < -0.4 is 15.8 Å². The van der Waals surface area contributed by atoms with Crippen LogP contribution >= 0.6 is 0 Å². The molecule has 5 amide bonds. The van der Waals surface area contributed by atoms with Crippen LogP contribution in [0.1, 0.15) is 73.7 Å². The molecule has 4 heterocycles. The number of hydrogen-bond acceptors (Lipinski definition) is 7. The number of benzene rings is 1. The van der Waals surface area contributed by atoms with Gasteiger partial charge in [-0.15, -0.1) is 0 Å². The summed E-state index contributed by atoms with van der Waals surface area (Å²) in [6.45, 7) is 0.253. The van der Waals surface area contributed by atoms with Gasteiger partial charge in [0.05, 0.1) is 0 Å². The molecule has 1 aromatic heterocycles. The van der Waals surface area contributed by atoms with Crippen molar-refractivity contribution in [3.63, 3.8) is 0 Å². The maximum atomic E-state index is 13.4. The van der Waals surface area contributed by atoms with Crippen molar-refractivity contribution in [3.8, 4) is 5.88 Å². The smallest absolute Gasteiger partial charge is 0.410 e. The number of piperidine rings is 1. The van der Waals surface area contributed by atoms with Crippen LogP contribution in [0, 0.1) is 5.92 Å². The first-order valence-electron chi connectivity index (χ1n) is 14.9. The van der Waals surface area contributed by atoms with Crippen molar-refractivity contribution in [1.82, 2.24) is 20.1 Å². The predicted molar refractivity (Wildman–Crippen MR) is 151 cm³/mol. The highest BCUT2D eigenvalue weighted by molar-refractivity contribution is 6.04. The molecule has 4 aliphatic rings. The van der Waals surface area contributed by atoms with Crippen molar-refractivity contribution in [2.45, 2.75) is 94.7 Å². The number of carbonyl (C=O) groups excluding carboxylic acids is 4. The number of nitrogens with zero attached hydrogens (tertiary/aromatic N) is 3. The number of nitrogens with one attached hydrogen (secondary N) is 1. The van der Waals surface area contributed by atoms with Crippen LogP contribution in [0.2, 0.25) is 0 Å². The van der Waals surface area contributed by atoms with Crippen molar-refractivity contribution >= 4 is 23.9 Å². The lowest BCUT2D eigenvalue weighted by molar-refractivity contribution is -0.130. The molecule has 4 fully saturated rings. The molecule has 1 saturated carbocycles. The summed E-state index contributed by atoms with van der Waals surface area (Å²) in [5.74, 6) is -0.300. The molecule has 3 aliphatic heterocycles. The monoisotopic (exact) mass is 575 g/mol. The molecule has 1 aromatic carbocycles. The topological polar surface area (TPSA) is 144 Å². The molecule has 4 atom stereocenters. The third-order valence-corrected chi connectivity index (χ3v) is 9.19. The number of amides is 5. The van der Waals surface area contributed by atoms with E-state index in [1.807, 2.05) is 35.2 Å². The van der Waals surface area contributed by atoms with Crippen molar-refractivity contribution in [2.24, 2.45) is 11.7 Å². The maximum Gasteiger partial charge on any atom is 0.410 e. The molecular formula is C31H37N5O6. The predicted octanol–water partition coefficient (Wildman–Crippen LogP) is 3.76. The molecule has 6 rings (SSSR count). The van der Waals surface area contributed by atoms with Gasteiger partial charge in [-0.2, -0.15) is 0 Å². The number of primary amides is 1. The number of hydrogen-bond donors (Lipinski definition) is 2. The lowest BCUT2D eigenvalue weighted by Crippen LogP contribution is -2.48. The summed E-state index contributed by atoms with van der Waals surface area (Å²) in [5.41, 5.74) is 6.63. The molecule has 2 bridgehead atoms. The fourth-order valence-corrected chi connectivity index (χ4v) is 7.21. The zero-order chi connectivity index (χ0) is 29.2. The average molecular weight is 576 g/mol. The summed E-state index contributed by atoms with van der Waals surface area (Å²) in [6.07, 6.45) is 7.65. The lowest BCUT2D eigenvalue weighted by Gasteiger charge is -2.38. The van der Waals surface area contributed by atoms with Crippen LogP contribution in [-0.4, -0.2) is 69.0 Å². The average Bonchev–Trinajstić information content (AvgIpc) is 3.43. The van der Waals surface area contributed by atoms with Crippen LogP contribution in [0.15, 0.2) is 48.7 Å². The van der Waals surface area contributed by atoms with Gasteiger partial charge >= 0.3 is 12.1 Å². The Morgan fingerprint density at radius 1 is 0.929 bits per heavy atom. The second-order valence-electron chi connectivity index (χ2n) is 11.9. The second kappa shape index (κ2) is 12.0. The Morgan fingerprint density at radius 2 is 1.62 bits per heavy atom. The normalized spacial score (nSPS) is 28.9. The van der Waals surface area contributed by atoms with E-state index in [4.69, 9.17) is 15.2 Å². The molecule has 2 unspecified atom stereocenters. The van der Waals surface area contributed by atoms with Gasteiger partial charge < -0.3 is 25.4 Å². The summed E-state index contributed by atoms with van der Waals surface area (Å²) < 4.78 is 11.6. The molecular weight excluding hydrogens is 538 g/mol. The van der Waals surface area contributed by atoms with E-state index >= 15 is 0 Å². The van der Waals surface area contributed by atoms with E-state index in [0.717, 1.165) is 31.2 Å². The molecule has 3 N–H and O–H groups in total. The molecule has 0 spiro atoms. The molecule has 42 heavy (non-hydrogen) atoms. The zero-order valence-electron chi connectivity index (χ0n) is 23.5. The highest BCUT2D eigenvalue weighted by Gasteiger charge is 2.48. The van der Waals surface area contributed by atoms with E-state index < -0.39 is 11.9 Å². The molecule has 3 saturated heterocycles. The Balaban J connectivity index is 0.994. The lowest BCUT2D eigenvalue weighted by atomic mass is 9.85. The van der Waals surface area contributed by atoms with Crippen molar-refractivity contribution in [1.29, 1.82) is 0 Å². The van der Waals surface area contributed by atoms with Crippen molar-refractivity contribution in [2.75, 3.05) is 0 Å². The van der Waals surface area contributed by atoms with Gasteiger partial charge in [0.1, 0.15) is 24.3 Å². The fraction of sp³-hybridized carbons (Fsp3) is 0.516. The summed E-state index contributed by atoms with van der Waals surface area (Å²) in [5, 5.41) is 2.93. The van der Waals surface area contributed by atoms with E-state index in [0.29, 0.717) is 32.1 Å². The third-order valence-electron chi connectivity index (χ3n) is 9.19. The SMILES string of the molecule is NC(=O)c1cccnc1OC1CCC(N2C(=O)NC(CC3C[C@H]4CC[C@@H](C3)N4C(=O)OCc3ccccc3)C2=O)CC1.